The zero-order chi connectivity index (χ0) is 32.6. The number of amides is 1. The normalized spacial score (nSPS) is 21.4. The number of alkyl carbamates (subject to hydrolysis) is 1. The number of hydrogen-bond acceptors (Lipinski definition) is 8. The van der Waals surface area contributed by atoms with Gasteiger partial charge in [-0.15, -0.1) is 6.58 Å². The topological polar surface area (TPSA) is 93.7 Å². The van der Waals surface area contributed by atoms with Gasteiger partial charge in [-0.1, -0.05) is 132 Å². The third-order valence-corrected chi connectivity index (χ3v) is 7.13. The van der Waals surface area contributed by atoms with Gasteiger partial charge in [0.05, 0.1) is 33.0 Å². The van der Waals surface area contributed by atoms with Crippen LogP contribution < -0.4 is 5.32 Å². The van der Waals surface area contributed by atoms with Crippen molar-refractivity contribution in [1.29, 1.82) is 0 Å². The van der Waals surface area contributed by atoms with Crippen LogP contribution in [0.4, 0.5) is 4.79 Å². The van der Waals surface area contributed by atoms with Crippen molar-refractivity contribution >= 4 is 40.9 Å². The van der Waals surface area contributed by atoms with E-state index in [2.05, 4.69) is 11.9 Å². The molecule has 5 atom stereocenters. The molecule has 3 aromatic rings. The van der Waals surface area contributed by atoms with Crippen LogP contribution in [0.5, 0.6) is 0 Å². The Labute approximate surface area is 284 Å². The molecule has 248 valence electrons. The standard InChI is InChI=1S/C34H38Cl3NO8/c1-2-18-42-32-29(38-33(39)45-23-34(35,36)37)31(44-21-27-16-10-5-11-17-27)30(43-20-26-14-8-4-9-15-26)28(46-32)22-41-24-40-19-25-12-6-3-7-13-25/h2-17,28-32H,1,18-24H2,(H,38,39)/t28-,29-,30-,31-,32+/m1/s1. The molecule has 0 bridgehead atoms. The van der Waals surface area contributed by atoms with Crippen molar-refractivity contribution in [2.24, 2.45) is 0 Å². The van der Waals surface area contributed by atoms with Gasteiger partial charge in [0.15, 0.2) is 6.29 Å². The van der Waals surface area contributed by atoms with Gasteiger partial charge >= 0.3 is 6.09 Å². The molecule has 3 aromatic carbocycles. The highest BCUT2D eigenvalue weighted by Gasteiger charge is 2.49. The average Bonchev–Trinajstić information content (AvgIpc) is 3.06. The summed E-state index contributed by atoms with van der Waals surface area (Å²) >= 11 is 17.4. The summed E-state index contributed by atoms with van der Waals surface area (Å²) in [4.78, 5) is 12.9. The van der Waals surface area contributed by atoms with Crippen molar-refractivity contribution in [2.75, 3.05) is 26.6 Å². The van der Waals surface area contributed by atoms with Gasteiger partial charge in [-0.25, -0.2) is 4.79 Å². The van der Waals surface area contributed by atoms with Crippen LogP contribution in [-0.4, -0.2) is 67.1 Å². The van der Waals surface area contributed by atoms with Gasteiger partial charge in [-0.3, -0.25) is 0 Å². The molecule has 1 fully saturated rings. The third-order valence-electron chi connectivity index (χ3n) is 6.81. The molecule has 0 aliphatic carbocycles. The fraction of sp³-hybridized carbons (Fsp3) is 0.382. The molecule has 1 aliphatic rings. The first kappa shape index (κ1) is 36.1. The van der Waals surface area contributed by atoms with Crippen LogP contribution in [-0.2, 0) is 53.0 Å². The highest BCUT2D eigenvalue weighted by atomic mass is 35.6. The van der Waals surface area contributed by atoms with E-state index in [4.69, 9.17) is 68.0 Å². The SMILES string of the molecule is C=CCO[C@H]1O[C@H](COCOCc2ccccc2)[C@@H](OCc2ccccc2)[C@H](OCc2ccccc2)[C@H]1NC(=O)OCC(Cl)(Cl)Cl. The molecule has 9 nitrogen and oxygen atoms in total. The van der Waals surface area contributed by atoms with Gasteiger partial charge in [0.2, 0.25) is 3.79 Å². The molecule has 1 aliphatic heterocycles. The summed E-state index contributed by atoms with van der Waals surface area (Å²) in [5.41, 5.74) is 2.87. The van der Waals surface area contributed by atoms with Crippen LogP contribution in [0, 0.1) is 0 Å². The molecule has 0 aromatic heterocycles. The predicted octanol–water partition coefficient (Wildman–Crippen LogP) is 6.74. The van der Waals surface area contributed by atoms with E-state index >= 15 is 0 Å². The molecule has 1 heterocycles. The average molecular weight is 695 g/mol. The second-order valence-electron chi connectivity index (χ2n) is 10.4. The number of alkyl halides is 3. The molecular weight excluding hydrogens is 657 g/mol. The van der Waals surface area contributed by atoms with Crippen LogP contribution >= 0.6 is 34.8 Å². The minimum atomic E-state index is -1.80. The first-order valence-electron chi connectivity index (χ1n) is 14.7. The maximum atomic E-state index is 12.9. The fourth-order valence-electron chi connectivity index (χ4n) is 4.71. The van der Waals surface area contributed by atoms with Gasteiger partial charge < -0.3 is 38.5 Å². The molecule has 46 heavy (non-hydrogen) atoms. The second-order valence-corrected chi connectivity index (χ2v) is 12.9. The van der Waals surface area contributed by atoms with Crippen molar-refractivity contribution in [3.05, 3.63) is 120 Å². The van der Waals surface area contributed by atoms with Crippen molar-refractivity contribution in [3.63, 3.8) is 0 Å². The van der Waals surface area contributed by atoms with Crippen LogP contribution in [0.2, 0.25) is 0 Å². The summed E-state index contributed by atoms with van der Waals surface area (Å²) in [6, 6.07) is 28.2. The number of benzene rings is 3. The maximum absolute atomic E-state index is 12.9. The number of halogens is 3. The second kappa shape index (κ2) is 19.2. The van der Waals surface area contributed by atoms with E-state index in [0.717, 1.165) is 16.7 Å². The predicted molar refractivity (Wildman–Crippen MR) is 175 cm³/mol. The lowest BCUT2D eigenvalue weighted by Gasteiger charge is -2.46. The molecule has 0 saturated carbocycles. The summed E-state index contributed by atoms with van der Waals surface area (Å²) in [6.45, 7) is 4.32. The van der Waals surface area contributed by atoms with Crippen LogP contribution in [0.15, 0.2) is 104 Å². The maximum Gasteiger partial charge on any atom is 0.407 e. The highest BCUT2D eigenvalue weighted by Crippen LogP contribution is 2.30. The van der Waals surface area contributed by atoms with Gasteiger partial charge in [0.1, 0.15) is 37.8 Å². The Kier molecular flexibility index (Phi) is 15.1. The molecule has 0 radical (unpaired) electrons. The monoisotopic (exact) mass is 693 g/mol. The molecule has 1 amide bonds. The quantitative estimate of drug-likeness (QED) is 0.0719. The lowest BCUT2D eigenvalue weighted by atomic mass is 9.96. The van der Waals surface area contributed by atoms with E-state index in [1.807, 2.05) is 91.0 Å². The van der Waals surface area contributed by atoms with E-state index < -0.39 is 47.1 Å². The highest BCUT2D eigenvalue weighted by molar-refractivity contribution is 6.67. The van der Waals surface area contributed by atoms with Crippen LogP contribution in [0.1, 0.15) is 16.7 Å². The summed E-state index contributed by atoms with van der Waals surface area (Å²) < 4.78 is 40.4. The Morgan fingerprint density at radius 3 is 1.87 bits per heavy atom. The zero-order valence-corrected chi connectivity index (χ0v) is 27.4. The van der Waals surface area contributed by atoms with Gasteiger partial charge in [-0.05, 0) is 16.7 Å². The van der Waals surface area contributed by atoms with E-state index in [-0.39, 0.29) is 33.2 Å². The van der Waals surface area contributed by atoms with Gasteiger partial charge in [0, 0.05) is 0 Å². The molecule has 1 saturated heterocycles. The smallest absolute Gasteiger partial charge is 0.407 e. The fourth-order valence-corrected chi connectivity index (χ4v) is 4.88. The lowest BCUT2D eigenvalue weighted by Crippen LogP contribution is -2.66. The molecule has 0 spiro atoms. The van der Waals surface area contributed by atoms with Crippen LogP contribution in [0.3, 0.4) is 0 Å². The Balaban J connectivity index is 1.56. The Morgan fingerprint density at radius 2 is 1.33 bits per heavy atom. The Hall–Kier alpha value is -2.70. The van der Waals surface area contributed by atoms with Gasteiger partial charge in [-0.2, -0.15) is 0 Å². The van der Waals surface area contributed by atoms with Gasteiger partial charge in [0.25, 0.3) is 0 Å². The summed E-state index contributed by atoms with van der Waals surface area (Å²) in [7, 11) is 0. The summed E-state index contributed by atoms with van der Waals surface area (Å²) in [5.74, 6) is 0. The number of carbonyl (C=O) groups excluding carboxylic acids is 1. The first-order chi connectivity index (χ1) is 22.3. The number of carbonyl (C=O) groups is 1. The zero-order valence-electron chi connectivity index (χ0n) is 25.2. The molecule has 12 heteroatoms. The lowest BCUT2D eigenvalue weighted by molar-refractivity contribution is -0.290. The van der Waals surface area contributed by atoms with Crippen molar-refractivity contribution in [1.82, 2.24) is 5.32 Å². The molecule has 1 N–H and O–H groups in total. The summed E-state index contributed by atoms with van der Waals surface area (Å²) in [6.07, 6.45) is -2.51. The first-order valence-corrected chi connectivity index (χ1v) is 15.8. The number of hydrogen-bond donors (Lipinski definition) is 1. The van der Waals surface area contributed by atoms with Crippen molar-refractivity contribution in [3.8, 4) is 0 Å². The largest absolute Gasteiger partial charge is 0.445 e. The van der Waals surface area contributed by atoms with E-state index in [9.17, 15) is 4.79 Å². The minimum absolute atomic E-state index is 0.0128. The van der Waals surface area contributed by atoms with E-state index in [1.54, 1.807) is 6.08 Å². The number of nitrogens with one attached hydrogen (secondary N) is 1. The molecule has 4 rings (SSSR count). The molecule has 0 unspecified atom stereocenters. The van der Waals surface area contributed by atoms with E-state index in [0.29, 0.717) is 6.61 Å². The molecular formula is C34H38Cl3NO8. The number of ether oxygens (including phenoxy) is 7. The summed E-state index contributed by atoms with van der Waals surface area (Å²) in [5, 5.41) is 2.79. The third kappa shape index (κ3) is 12.5. The Morgan fingerprint density at radius 1 is 0.783 bits per heavy atom. The van der Waals surface area contributed by atoms with Crippen molar-refractivity contribution in [2.45, 2.75) is 54.3 Å². The van der Waals surface area contributed by atoms with E-state index in [1.165, 1.54) is 0 Å². The van der Waals surface area contributed by atoms with Crippen molar-refractivity contribution < 1.29 is 38.0 Å². The number of rotatable bonds is 17. The van der Waals surface area contributed by atoms with Crippen LogP contribution in [0.25, 0.3) is 0 Å². The minimum Gasteiger partial charge on any atom is -0.445 e. The Bertz CT molecular complexity index is 1300.